The second kappa shape index (κ2) is 10.6. The Hall–Kier alpha value is -2.67. The van der Waals surface area contributed by atoms with Crippen LogP contribution in [0.5, 0.6) is 5.75 Å². The van der Waals surface area contributed by atoms with Gasteiger partial charge in [0.2, 0.25) is 0 Å². The molecular weight excluding hydrogens is 388 g/mol. The van der Waals surface area contributed by atoms with Crippen molar-refractivity contribution in [3.05, 3.63) is 83.2 Å². The number of rotatable bonds is 10. The Morgan fingerprint density at radius 1 is 1.16 bits per heavy atom. The van der Waals surface area contributed by atoms with Crippen LogP contribution in [-0.4, -0.2) is 64.5 Å². The van der Waals surface area contributed by atoms with Gasteiger partial charge >= 0.3 is 0 Å². The summed E-state index contributed by atoms with van der Waals surface area (Å²) in [7, 11) is 2.12. The van der Waals surface area contributed by atoms with Crippen LogP contribution in [0.15, 0.2) is 60.9 Å². The summed E-state index contributed by atoms with van der Waals surface area (Å²) in [5.74, 6) is 0.809. The van der Waals surface area contributed by atoms with Crippen LogP contribution in [0.1, 0.15) is 22.3 Å². The van der Waals surface area contributed by atoms with Gasteiger partial charge in [-0.2, -0.15) is 5.10 Å². The number of ether oxygens (including phenoxy) is 1. The SMILES string of the molecule is CN(CCc1cn[nH]c1)Cc1cccc(OCC(O)CN2CCc3ccccc3C2)c1. The Kier molecular flexibility index (Phi) is 7.35. The Bertz CT molecular complexity index is 944. The third-order valence-electron chi connectivity index (χ3n) is 5.81. The van der Waals surface area contributed by atoms with Crippen molar-refractivity contribution < 1.29 is 9.84 Å². The highest BCUT2D eigenvalue weighted by molar-refractivity contribution is 5.29. The molecule has 6 nitrogen and oxygen atoms in total. The van der Waals surface area contributed by atoms with Crippen molar-refractivity contribution in [3.8, 4) is 5.75 Å². The Morgan fingerprint density at radius 2 is 2.03 bits per heavy atom. The second-order valence-electron chi connectivity index (χ2n) is 8.46. The third-order valence-corrected chi connectivity index (χ3v) is 5.81. The number of nitrogens with one attached hydrogen (secondary N) is 1. The van der Waals surface area contributed by atoms with Gasteiger partial charge in [0.05, 0.1) is 6.20 Å². The number of benzene rings is 2. The van der Waals surface area contributed by atoms with Crippen LogP contribution < -0.4 is 4.74 Å². The molecule has 6 heteroatoms. The molecule has 2 N–H and O–H groups in total. The number of aromatic amines is 1. The van der Waals surface area contributed by atoms with Crippen molar-refractivity contribution in [2.45, 2.75) is 32.0 Å². The maximum absolute atomic E-state index is 10.5. The van der Waals surface area contributed by atoms with E-state index in [1.807, 2.05) is 24.5 Å². The van der Waals surface area contributed by atoms with Gasteiger partial charge in [0.15, 0.2) is 0 Å². The lowest BCUT2D eigenvalue weighted by molar-refractivity contribution is 0.0637. The summed E-state index contributed by atoms with van der Waals surface area (Å²) in [6.45, 7) is 4.62. The van der Waals surface area contributed by atoms with Crippen molar-refractivity contribution in [2.75, 3.05) is 33.3 Å². The molecule has 1 aliphatic heterocycles. The molecule has 0 saturated heterocycles. The largest absolute Gasteiger partial charge is 0.491 e. The number of aliphatic hydroxyl groups excluding tert-OH is 1. The van der Waals surface area contributed by atoms with Gasteiger partial charge in [-0.05, 0) is 54.3 Å². The number of aromatic nitrogens is 2. The van der Waals surface area contributed by atoms with Gasteiger partial charge in [0.25, 0.3) is 0 Å². The molecule has 0 amide bonds. The summed E-state index contributed by atoms with van der Waals surface area (Å²) in [6.07, 6.45) is 5.31. The molecule has 31 heavy (non-hydrogen) atoms. The van der Waals surface area contributed by atoms with Gasteiger partial charge in [-0.15, -0.1) is 0 Å². The maximum atomic E-state index is 10.5. The van der Waals surface area contributed by atoms with E-state index in [1.54, 1.807) is 0 Å². The molecule has 2 aromatic carbocycles. The molecule has 0 fully saturated rings. The van der Waals surface area contributed by atoms with Crippen LogP contribution in [0.3, 0.4) is 0 Å². The van der Waals surface area contributed by atoms with E-state index < -0.39 is 6.10 Å². The summed E-state index contributed by atoms with van der Waals surface area (Å²) in [5, 5.41) is 17.4. The van der Waals surface area contributed by atoms with Crippen LogP contribution in [0.25, 0.3) is 0 Å². The summed E-state index contributed by atoms with van der Waals surface area (Å²) >= 11 is 0. The third kappa shape index (κ3) is 6.40. The predicted octanol–water partition coefficient (Wildman–Crippen LogP) is 2.88. The van der Waals surface area contributed by atoms with E-state index in [0.29, 0.717) is 13.2 Å². The minimum atomic E-state index is -0.508. The molecule has 3 aromatic rings. The Morgan fingerprint density at radius 3 is 2.87 bits per heavy atom. The van der Waals surface area contributed by atoms with E-state index in [-0.39, 0.29) is 0 Å². The minimum Gasteiger partial charge on any atom is -0.491 e. The number of β-amino-alcohol motifs (C(OH)–C–C–N with tert-alkyl or cyclic N) is 1. The zero-order valence-electron chi connectivity index (χ0n) is 18.2. The zero-order chi connectivity index (χ0) is 21.5. The number of H-pyrrole nitrogens is 1. The van der Waals surface area contributed by atoms with E-state index in [1.165, 1.54) is 22.3 Å². The Labute approximate surface area is 184 Å². The monoisotopic (exact) mass is 420 g/mol. The van der Waals surface area contributed by atoms with Gasteiger partial charge in [0.1, 0.15) is 18.5 Å². The molecule has 0 spiro atoms. The van der Waals surface area contributed by atoms with Crippen LogP contribution in [-0.2, 0) is 25.9 Å². The first-order valence-corrected chi connectivity index (χ1v) is 11.0. The average molecular weight is 421 g/mol. The molecule has 1 aromatic heterocycles. The fourth-order valence-corrected chi connectivity index (χ4v) is 4.11. The molecule has 1 aliphatic rings. The first-order valence-electron chi connectivity index (χ1n) is 11.0. The molecule has 2 heterocycles. The predicted molar refractivity (Wildman–Crippen MR) is 122 cm³/mol. The standard InChI is InChI=1S/C25H32N4O2/c1-28(11-9-21-14-26-27-15-21)16-20-5-4-8-25(13-20)31-19-24(30)18-29-12-10-22-6-2-3-7-23(22)17-29/h2-8,13-15,24,30H,9-12,16-19H2,1H3,(H,26,27). The van der Waals surface area contributed by atoms with Crippen LogP contribution >= 0.6 is 0 Å². The van der Waals surface area contributed by atoms with Crippen molar-refractivity contribution in [2.24, 2.45) is 0 Å². The number of fused-ring (bicyclic) bond motifs is 1. The fraction of sp³-hybridized carbons (Fsp3) is 0.400. The minimum absolute atomic E-state index is 0.304. The lowest BCUT2D eigenvalue weighted by atomic mass is 10.00. The van der Waals surface area contributed by atoms with Gasteiger partial charge in [-0.3, -0.25) is 10.00 Å². The molecule has 0 saturated carbocycles. The quantitative estimate of drug-likeness (QED) is 0.528. The molecule has 164 valence electrons. The van der Waals surface area contributed by atoms with Crippen LogP contribution in [0, 0.1) is 0 Å². The number of likely N-dealkylation sites (N-methyl/N-ethyl adjacent to an activating group) is 1. The molecule has 0 aliphatic carbocycles. The van der Waals surface area contributed by atoms with Crippen LogP contribution in [0.2, 0.25) is 0 Å². The highest BCUT2D eigenvalue weighted by Crippen LogP contribution is 2.19. The maximum Gasteiger partial charge on any atom is 0.119 e. The first-order chi connectivity index (χ1) is 15.2. The van der Waals surface area contributed by atoms with Gasteiger partial charge in [0, 0.05) is 38.9 Å². The van der Waals surface area contributed by atoms with Gasteiger partial charge in [-0.1, -0.05) is 36.4 Å². The topological polar surface area (TPSA) is 64.6 Å². The molecule has 4 rings (SSSR count). The number of hydrogen-bond acceptors (Lipinski definition) is 5. The molecule has 0 radical (unpaired) electrons. The lowest BCUT2D eigenvalue weighted by Gasteiger charge is -2.30. The van der Waals surface area contributed by atoms with E-state index in [2.05, 4.69) is 63.4 Å². The second-order valence-corrected chi connectivity index (χ2v) is 8.46. The molecule has 1 unspecified atom stereocenters. The van der Waals surface area contributed by atoms with Crippen molar-refractivity contribution in [1.29, 1.82) is 0 Å². The number of aliphatic hydroxyl groups is 1. The number of nitrogens with zero attached hydrogens (tertiary/aromatic N) is 3. The van der Waals surface area contributed by atoms with E-state index in [4.69, 9.17) is 4.74 Å². The fourth-order valence-electron chi connectivity index (χ4n) is 4.11. The zero-order valence-corrected chi connectivity index (χ0v) is 18.2. The highest BCUT2D eigenvalue weighted by Gasteiger charge is 2.18. The summed E-state index contributed by atoms with van der Waals surface area (Å²) in [5.41, 5.74) is 5.21. The smallest absolute Gasteiger partial charge is 0.119 e. The van der Waals surface area contributed by atoms with Gasteiger partial charge < -0.3 is 14.7 Å². The van der Waals surface area contributed by atoms with Crippen molar-refractivity contribution in [3.63, 3.8) is 0 Å². The van der Waals surface area contributed by atoms with Gasteiger partial charge in [-0.25, -0.2) is 0 Å². The average Bonchev–Trinajstić information content (AvgIpc) is 3.30. The van der Waals surface area contributed by atoms with E-state index >= 15 is 0 Å². The summed E-state index contributed by atoms with van der Waals surface area (Å²) in [4.78, 5) is 4.59. The van der Waals surface area contributed by atoms with E-state index in [0.717, 1.165) is 44.8 Å². The summed E-state index contributed by atoms with van der Waals surface area (Å²) < 4.78 is 5.91. The molecular formula is C25H32N4O2. The summed E-state index contributed by atoms with van der Waals surface area (Å²) in [6, 6.07) is 16.7. The number of hydrogen-bond donors (Lipinski definition) is 2. The van der Waals surface area contributed by atoms with Crippen LogP contribution in [0.4, 0.5) is 0 Å². The Balaban J connectivity index is 1.21. The molecule has 0 bridgehead atoms. The lowest BCUT2D eigenvalue weighted by Crippen LogP contribution is -2.38. The van der Waals surface area contributed by atoms with Crippen molar-refractivity contribution in [1.82, 2.24) is 20.0 Å². The first kappa shape index (κ1) is 21.6. The molecule has 1 atom stereocenters. The van der Waals surface area contributed by atoms with E-state index in [9.17, 15) is 5.11 Å². The highest BCUT2D eigenvalue weighted by atomic mass is 16.5. The normalized spacial score (nSPS) is 15.1. The van der Waals surface area contributed by atoms with Crippen molar-refractivity contribution >= 4 is 0 Å².